The minimum absolute atomic E-state index is 0.137. The van der Waals surface area contributed by atoms with Gasteiger partial charge >= 0.3 is 0 Å². The second-order valence-electron chi connectivity index (χ2n) is 4.62. The fourth-order valence-electron chi connectivity index (χ4n) is 2.17. The SMILES string of the molecule is Cc1ccc(F)cc1CC(NN)c1ccccc1N. The lowest BCUT2D eigenvalue weighted by atomic mass is 9.95. The second-order valence-corrected chi connectivity index (χ2v) is 4.62. The summed E-state index contributed by atoms with van der Waals surface area (Å²) < 4.78 is 13.3. The van der Waals surface area contributed by atoms with E-state index < -0.39 is 0 Å². The number of hydrogen-bond acceptors (Lipinski definition) is 3. The summed E-state index contributed by atoms with van der Waals surface area (Å²) in [5.74, 6) is 5.37. The molecule has 2 aromatic rings. The van der Waals surface area contributed by atoms with Crippen LogP contribution in [0.2, 0.25) is 0 Å². The van der Waals surface area contributed by atoms with Crippen molar-refractivity contribution >= 4 is 5.69 Å². The van der Waals surface area contributed by atoms with Gasteiger partial charge in [0, 0.05) is 5.69 Å². The summed E-state index contributed by atoms with van der Waals surface area (Å²) in [6.45, 7) is 1.96. The van der Waals surface area contributed by atoms with Gasteiger partial charge in [-0.2, -0.15) is 0 Å². The van der Waals surface area contributed by atoms with Crippen molar-refractivity contribution in [1.29, 1.82) is 0 Å². The molecule has 100 valence electrons. The molecule has 0 aliphatic heterocycles. The normalized spacial score (nSPS) is 12.4. The first kappa shape index (κ1) is 13.5. The summed E-state index contributed by atoms with van der Waals surface area (Å²) >= 11 is 0. The van der Waals surface area contributed by atoms with Crippen LogP contribution in [0.25, 0.3) is 0 Å². The Labute approximate surface area is 112 Å². The highest BCUT2D eigenvalue weighted by Gasteiger charge is 2.14. The number of halogens is 1. The first-order chi connectivity index (χ1) is 9.11. The van der Waals surface area contributed by atoms with Crippen molar-refractivity contribution in [2.45, 2.75) is 19.4 Å². The summed E-state index contributed by atoms with van der Waals surface area (Å²) in [7, 11) is 0. The molecule has 0 aliphatic carbocycles. The van der Waals surface area contributed by atoms with Gasteiger partial charge in [0.05, 0.1) is 6.04 Å². The maximum absolute atomic E-state index is 13.3. The van der Waals surface area contributed by atoms with Crippen molar-refractivity contribution in [1.82, 2.24) is 5.43 Å². The summed E-state index contributed by atoms with van der Waals surface area (Å²) in [4.78, 5) is 0. The second kappa shape index (κ2) is 5.82. The zero-order valence-corrected chi connectivity index (χ0v) is 10.9. The number of para-hydroxylation sites is 1. The van der Waals surface area contributed by atoms with E-state index in [2.05, 4.69) is 5.43 Å². The first-order valence-corrected chi connectivity index (χ1v) is 6.17. The molecule has 0 radical (unpaired) electrons. The molecule has 0 aromatic heterocycles. The third kappa shape index (κ3) is 3.10. The van der Waals surface area contributed by atoms with E-state index in [1.54, 1.807) is 12.1 Å². The van der Waals surface area contributed by atoms with E-state index in [0.717, 1.165) is 16.7 Å². The Kier molecular flexibility index (Phi) is 4.14. The Morgan fingerprint density at radius 3 is 2.63 bits per heavy atom. The number of nitrogens with two attached hydrogens (primary N) is 2. The van der Waals surface area contributed by atoms with Crippen molar-refractivity contribution in [2.24, 2.45) is 5.84 Å². The van der Waals surface area contributed by atoms with E-state index in [4.69, 9.17) is 11.6 Å². The largest absolute Gasteiger partial charge is 0.398 e. The van der Waals surface area contributed by atoms with Crippen molar-refractivity contribution in [3.05, 3.63) is 65.0 Å². The number of benzene rings is 2. The molecule has 3 nitrogen and oxygen atoms in total. The van der Waals surface area contributed by atoms with Gasteiger partial charge in [-0.25, -0.2) is 4.39 Å². The third-order valence-electron chi connectivity index (χ3n) is 3.31. The summed E-state index contributed by atoms with van der Waals surface area (Å²) in [6.07, 6.45) is 0.592. The molecule has 0 aliphatic rings. The van der Waals surface area contributed by atoms with Crippen molar-refractivity contribution in [2.75, 3.05) is 5.73 Å². The number of hydrogen-bond donors (Lipinski definition) is 3. The quantitative estimate of drug-likeness (QED) is 0.449. The molecule has 5 N–H and O–H groups in total. The summed E-state index contributed by atoms with van der Waals surface area (Å²) in [5.41, 5.74) is 12.3. The Morgan fingerprint density at radius 2 is 1.95 bits per heavy atom. The number of nitrogens with one attached hydrogen (secondary N) is 1. The van der Waals surface area contributed by atoms with Crippen LogP contribution in [0.4, 0.5) is 10.1 Å². The van der Waals surface area contributed by atoms with Gasteiger partial charge in [-0.3, -0.25) is 11.3 Å². The van der Waals surface area contributed by atoms with Gasteiger partial charge in [0.1, 0.15) is 5.82 Å². The van der Waals surface area contributed by atoms with E-state index in [9.17, 15) is 4.39 Å². The molecule has 0 fully saturated rings. The number of hydrazine groups is 1. The monoisotopic (exact) mass is 259 g/mol. The lowest BCUT2D eigenvalue weighted by Crippen LogP contribution is -2.30. The van der Waals surface area contributed by atoms with Crippen LogP contribution in [0.3, 0.4) is 0 Å². The van der Waals surface area contributed by atoms with Gasteiger partial charge < -0.3 is 5.73 Å². The zero-order valence-electron chi connectivity index (χ0n) is 10.9. The fraction of sp³-hybridized carbons (Fsp3) is 0.200. The average Bonchev–Trinajstić information content (AvgIpc) is 2.41. The molecule has 2 rings (SSSR count). The molecule has 0 heterocycles. The molecule has 1 unspecified atom stereocenters. The van der Waals surface area contributed by atoms with Crippen molar-refractivity contribution in [3.63, 3.8) is 0 Å². The molecular weight excluding hydrogens is 241 g/mol. The molecule has 0 bridgehead atoms. The van der Waals surface area contributed by atoms with Crippen LogP contribution < -0.4 is 17.0 Å². The molecule has 1 atom stereocenters. The van der Waals surface area contributed by atoms with Gasteiger partial charge in [0.2, 0.25) is 0 Å². The molecule has 0 amide bonds. The van der Waals surface area contributed by atoms with Crippen LogP contribution in [0.5, 0.6) is 0 Å². The number of rotatable bonds is 4. The van der Waals surface area contributed by atoms with Gasteiger partial charge in [-0.1, -0.05) is 24.3 Å². The number of nitrogen functional groups attached to an aromatic ring is 1. The summed E-state index contributed by atoms with van der Waals surface area (Å²) in [6, 6.07) is 12.2. The zero-order chi connectivity index (χ0) is 13.8. The smallest absolute Gasteiger partial charge is 0.123 e. The molecular formula is C15H18FN3. The van der Waals surface area contributed by atoms with E-state index >= 15 is 0 Å². The van der Waals surface area contributed by atoms with Gasteiger partial charge in [0.15, 0.2) is 0 Å². The molecule has 0 spiro atoms. The van der Waals surface area contributed by atoms with E-state index in [-0.39, 0.29) is 11.9 Å². The van der Waals surface area contributed by atoms with Crippen LogP contribution >= 0.6 is 0 Å². The molecule has 0 saturated heterocycles. The Bertz CT molecular complexity index is 569. The van der Waals surface area contributed by atoms with Gasteiger partial charge in [-0.15, -0.1) is 0 Å². The van der Waals surface area contributed by atoms with Crippen LogP contribution in [0.1, 0.15) is 22.7 Å². The molecule has 0 saturated carbocycles. The van der Waals surface area contributed by atoms with Crippen LogP contribution in [-0.4, -0.2) is 0 Å². The topological polar surface area (TPSA) is 64.1 Å². The first-order valence-electron chi connectivity index (χ1n) is 6.17. The van der Waals surface area contributed by atoms with Crippen molar-refractivity contribution < 1.29 is 4.39 Å². The maximum atomic E-state index is 13.3. The predicted octanol–water partition coefficient (Wildman–Crippen LogP) is 2.46. The highest BCUT2D eigenvalue weighted by Crippen LogP contribution is 2.24. The standard InChI is InChI=1S/C15H18FN3/c1-10-6-7-12(16)8-11(10)9-15(19-18)13-4-2-3-5-14(13)17/h2-8,15,19H,9,17-18H2,1H3. The van der Waals surface area contributed by atoms with Crippen LogP contribution in [-0.2, 0) is 6.42 Å². The highest BCUT2D eigenvalue weighted by molar-refractivity contribution is 5.48. The third-order valence-corrected chi connectivity index (χ3v) is 3.31. The highest BCUT2D eigenvalue weighted by atomic mass is 19.1. The van der Waals surface area contributed by atoms with Crippen LogP contribution in [0, 0.1) is 12.7 Å². The lowest BCUT2D eigenvalue weighted by molar-refractivity contribution is 0.548. The van der Waals surface area contributed by atoms with Crippen LogP contribution in [0.15, 0.2) is 42.5 Å². The van der Waals surface area contributed by atoms with Gasteiger partial charge in [-0.05, 0) is 48.2 Å². The van der Waals surface area contributed by atoms with E-state index in [1.807, 2.05) is 31.2 Å². The maximum Gasteiger partial charge on any atom is 0.123 e. The van der Waals surface area contributed by atoms with Gasteiger partial charge in [0.25, 0.3) is 0 Å². The Hall–Kier alpha value is -1.91. The number of aryl methyl sites for hydroxylation is 1. The van der Waals surface area contributed by atoms with E-state index in [1.165, 1.54) is 6.07 Å². The molecule has 2 aromatic carbocycles. The minimum atomic E-state index is -0.239. The lowest BCUT2D eigenvalue weighted by Gasteiger charge is -2.19. The Balaban J connectivity index is 2.29. The fourth-order valence-corrected chi connectivity index (χ4v) is 2.17. The average molecular weight is 259 g/mol. The summed E-state index contributed by atoms with van der Waals surface area (Å²) in [5, 5.41) is 0. The number of anilines is 1. The van der Waals surface area contributed by atoms with Crippen molar-refractivity contribution in [3.8, 4) is 0 Å². The Morgan fingerprint density at radius 1 is 1.21 bits per heavy atom. The molecule has 19 heavy (non-hydrogen) atoms. The predicted molar refractivity (Wildman–Crippen MR) is 75.8 cm³/mol. The van der Waals surface area contributed by atoms with E-state index in [0.29, 0.717) is 12.1 Å². The minimum Gasteiger partial charge on any atom is -0.398 e. The molecule has 4 heteroatoms.